The average molecular weight is 380 g/mol. The monoisotopic (exact) mass is 379 g/mol. The van der Waals surface area contributed by atoms with Gasteiger partial charge in [-0.05, 0) is 24.8 Å². The average Bonchev–Trinajstić information content (AvgIpc) is 2.57. The largest absolute Gasteiger partial charge is 0.383 e. The Kier molecular flexibility index (Phi) is 5.01. The number of aromatic nitrogens is 2. The van der Waals surface area contributed by atoms with Crippen LogP contribution in [-0.4, -0.2) is 28.8 Å². The zero-order valence-electron chi connectivity index (χ0n) is 13.8. The van der Waals surface area contributed by atoms with E-state index in [9.17, 15) is 4.79 Å². The normalized spacial score (nSPS) is 15.4. The zero-order chi connectivity index (χ0) is 18.1. The molecule has 1 aromatic carbocycles. The van der Waals surface area contributed by atoms with E-state index in [2.05, 4.69) is 16.9 Å². The van der Waals surface area contributed by atoms with Gasteiger partial charge < -0.3 is 10.6 Å². The maximum atomic E-state index is 12.6. The minimum absolute atomic E-state index is 0.00158. The van der Waals surface area contributed by atoms with Crippen LogP contribution in [0.5, 0.6) is 0 Å². The number of hydrogen-bond acceptors (Lipinski definition) is 5. The van der Waals surface area contributed by atoms with Crippen molar-refractivity contribution in [2.24, 2.45) is 5.92 Å². The number of anilines is 2. The minimum Gasteiger partial charge on any atom is -0.383 e. The summed E-state index contributed by atoms with van der Waals surface area (Å²) in [5.41, 5.74) is 5.79. The highest BCUT2D eigenvalue weighted by atomic mass is 35.5. The quantitative estimate of drug-likeness (QED) is 0.712. The topological polar surface area (TPSA) is 98.9 Å². The van der Waals surface area contributed by atoms with Crippen LogP contribution in [0.4, 0.5) is 11.8 Å². The third-order valence-corrected chi connectivity index (χ3v) is 5.31. The second-order valence-corrected chi connectivity index (χ2v) is 7.08. The molecule has 0 atom stereocenters. The lowest BCUT2D eigenvalue weighted by Gasteiger charge is -2.30. The molecule has 1 aliphatic heterocycles. The van der Waals surface area contributed by atoms with Crippen LogP contribution in [0.1, 0.15) is 30.9 Å². The summed E-state index contributed by atoms with van der Waals surface area (Å²) in [6.07, 6.45) is 2.08. The zero-order valence-corrected chi connectivity index (χ0v) is 15.3. The van der Waals surface area contributed by atoms with Crippen LogP contribution in [0.25, 0.3) is 0 Å². The van der Waals surface area contributed by atoms with E-state index in [1.807, 2.05) is 4.90 Å². The maximum Gasteiger partial charge on any atom is 0.263 e. The fraction of sp³-hybridized carbons (Fsp3) is 0.353. The van der Waals surface area contributed by atoms with Gasteiger partial charge in [0, 0.05) is 18.7 Å². The Morgan fingerprint density at radius 2 is 2.04 bits per heavy atom. The first-order valence-electron chi connectivity index (χ1n) is 8.06. The number of nitrogens with zero attached hydrogens (tertiary/aromatic N) is 2. The van der Waals surface area contributed by atoms with Crippen LogP contribution >= 0.6 is 23.2 Å². The van der Waals surface area contributed by atoms with Crippen molar-refractivity contribution >= 4 is 40.7 Å². The van der Waals surface area contributed by atoms with E-state index >= 15 is 0 Å². The third kappa shape index (κ3) is 3.50. The van der Waals surface area contributed by atoms with Crippen molar-refractivity contribution in [2.75, 3.05) is 23.7 Å². The van der Waals surface area contributed by atoms with E-state index in [4.69, 9.17) is 34.3 Å². The molecule has 25 heavy (non-hydrogen) atoms. The van der Waals surface area contributed by atoms with Gasteiger partial charge in [0.1, 0.15) is 11.4 Å². The van der Waals surface area contributed by atoms with E-state index in [-0.39, 0.29) is 22.1 Å². The van der Waals surface area contributed by atoms with Crippen molar-refractivity contribution in [1.82, 2.24) is 9.97 Å². The van der Waals surface area contributed by atoms with Crippen LogP contribution in [0.3, 0.4) is 0 Å². The summed E-state index contributed by atoms with van der Waals surface area (Å²) in [4.78, 5) is 21.6. The Morgan fingerprint density at radius 1 is 1.36 bits per heavy atom. The van der Waals surface area contributed by atoms with Gasteiger partial charge in [-0.1, -0.05) is 42.3 Å². The first-order chi connectivity index (χ1) is 11.9. The molecule has 132 valence electrons. The summed E-state index contributed by atoms with van der Waals surface area (Å²) >= 11 is 12.2. The highest BCUT2D eigenvalue weighted by Crippen LogP contribution is 2.28. The predicted octanol–water partition coefficient (Wildman–Crippen LogP) is 3.31. The van der Waals surface area contributed by atoms with Crippen LogP contribution in [0.2, 0.25) is 10.0 Å². The second kappa shape index (κ2) is 7.06. The highest BCUT2D eigenvalue weighted by Gasteiger charge is 2.22. The fourth-order valence-corrected chi connectivity index (χ4v) is 3.32. The molecule has 0 bridgehead atoms. The lowest BCUT2D eigenvalue weighted by Crippen LogP contribution is -2.36. The molecule has 4 N–H and O–H groups in total. The number of hydrogen-bond donors (Lipinski definition) is 3. The summed E-state index contributed by atoms with van der Waals surface area (Å²) < 4.78 is 0. The van der Waals surface area contributed by atoms with Gasteiger partial charge in [-0.3, -0.25) is 15.2 Å². The van der Waals surface area contributed by atoms with Crippen molar-refractivity contribution in [1.29, 1.82) is 5.41 Å². The summed E-state index contributed by atoms with van der Waals surface area (Å²) in [7, 11) is 0. The predicted molar refractivity (Wildman–Crippen MR) is 102 cm³/mol. The van der Waals surface area contributed by atoms with Gasteiger partial charge in [0.05, 0.1) is 15.8 Å². The van der Waals surface area contributed by atoms with E-state index in [0.29, 0.717) is 22.5 Å². The summed E-state index contributed by atoms with van der Waals surface area (Å²) in [6.45, 7) is 3.85. The molecule has 2 heterocycles. The number of piperidine rings is 1. The van der Waals surface area contributed by atoms with Gasteiger partial charge in [0.25, 0.3) is 5.56 Å². The van der Waals surface area contributed by atoms with E-state index in [0.717, 1.165) is 25.9 Å². The molecule has 0 aliphatic carbocycles. The second-order valence-electron chi connectivity index (χ2n) is 6.30. The Balaban J connectivity index is 1.97. The summed E-state index contributed by atoms with van der Waals surface area (Å²) in [5.74, 6) is 1.12. The first kappa shape index (κ1) is 17.8. The van der Waals surface area contributed by atoms with E-state index in [1.165, 1.54) is 0 Å². The van der Waals surface area contributed by atoms with Crippen molar-refractivity contribution in [3.8, 4) is 0 Å². The number of aromatic amines is 1. The molecule has 6 nitrogen and oxygen atoms in total. The number of nitrogen functional groups attached to an aromatic ring is 1. The van der Waals surface area contributed by atoms with E-state index in [1.54, 1.807) is 18.2 Å². The van der Waals surface area contributed by atoms with Crippen LogP contribution in [-0.2, 0) is 0 Å². The molecule has 0 amide bonds. The smallest absolute Gasteiger partial charge is 0.263 e. The number of H-pyrrole nitrogens is 1. The first-order valence-corrected chi connectivity index (χ1v) is 8.82. The van der Waals surface area contributed by atoms with Crippen LogP contribution < -0.4 is 16.2 Å². The Hall–Kier alpha value is -2.05. The Bertz CT molecular complexity index is 872. The molecule has 1 fully saturated rings. The number of nitrogens with one attached hydrogen (secondary N) is 2. The molecular weight excluding hydrogens is 361 g/mol. The van der Waals surface area contributed by atoms with Crippen LogP contribution in [0.15, 0.2) is 23.0 Å². The number of nitrogens with two attached hydrogens (primary N) is 1. The standard InChI is InChI=1S/C17H19Cl2N5O/c1-9-5-7-24(8-6-9)17-22-15(21)12(16(25)23-17)14(20)10-3-2-4-11(18)13(10)19/h2-4,9,20H,5-8H2,1H3,(H3,21,22,23,25). The van der Waals surface area contributed by atoms with Crippen molar-refractivity contribution in [3.63, 3.8) is 0 Å². The van der Waals surface area contributed by atoms with Gasteiger partial charge in [-0.25, -0.2) is 0 Å². The van der Waals surface area contributed by atoms with Gasteiger partial charge >= 0.3 is 0 Å². The summed E-state index contributed by atoms with van der Waals surface area (Å²) in [5, 5.41) is 8.86. The third-order valence-electron chi connectivity index (χ3n) is 4.49. The lowest BCUT2D eigenvalue weighted by molar-refractivity contribution is 0.434. The molecule has 8 heteroatoms. The molecule has 0 spiro atoms. The molecule has 0 unspecified atom stereocenters. The highest BCUT2D eigenvalue weighted by molar-refractivity contribution is 6.44. The van der Waals surface area contributed by atoms with Gasteiger partial charge in [-0.15, -0.1) is 0 Å². The lowest BCUT2D eigenvalue weighted by atomic mass is 9.99. The van der Waals surface area contributed by atoms with Gasteiger partial charge in [-0.2, -0.15) is 4.98 Å². The van der Waals surface area contributed by atoms with Crippen molar-refractivity contribution in [2.45, 2.75) is 19.8 Å². The Morgan fingerprint density at radius 3 is 2.68 bits per heavy atom. The SMILES string of the molecule is CC1CCN(c2nc(N)c(C(=N)c3cccc(Cl)c3Cl)c(=O)[nH]2)CC1. The minimum atomic E-state index is -0.456. The summed E-state index contributed by atoms with van der Waals surface area (Å²) in [6, 6.07) is 4.90. The van der Waals surface area contributed by atoms with Gasteiger partial charge in [0.2, 0.25) is 5.95 Å². The molecular formula is C17H19Cl2N5O. The number of benzene rings is 1. The molecule has 3 rings (SSSR count). The molecule has 1 saturated heterocycles. The van der Waals surface area contributed by atoms with Crippen molar-refractivity contribution < 1.29 is 0 Å². The molecule has 1 aliphatic rings. The molecule has 1 aromatic heterocycles. The molecule has 0 saturated carbocycles. The number of rotatable bonds is 3. The maximum absolute atomic E-state index is 12.6. The fourth-order valence-electron chi connectivity index (χ4n) is 2.92. The number of halogens is 2. The molecule has 0 radical (unpaired) electrons. The Labute approximate surface area is 155 Å². The van der Waals surface area contributed by atoms with E-state index < -0.39 is 5.56 Å². The van der Waals surface area contributed by atoms with Crippen molar-refractivity contribution in [3.05, 3.63) is 49.7 Å². The van der Waals surface area contributed by atoms with Crippen LogP contribution in [0, 0.1) is 11.3 Å². The van der Waals surface area contributed by atoms with Gasteiger partial charge in [0.15, 0.2) is 0 Å². The molecule has 2 aromatic rings.